The zero-order valence-corrected chi connectivity index (χ0v) is 16.5. The van der Waals surface area contributed by atoms with Crippen LogP contribution >= 0.6 is 23.2 Å². The van der Waals surface area contributed by atoms with Gasteiger partial charge in [-0.15, -0.1) is 0 Å². The largest absolute Gasteiger partial charge is 0.367 e. The Morgan fingerprint density at radius 3 is 2.78 bits per heavy atom. The summed E-state index contributed by atoms with van der Waals surface area (Å²) in [6.45, 7) is 2.13. The molecular weight excluding hydrogens is 385 g/mol. The normalized spacial score (nSPS) is 15.0. The summed E-state index contributed by atoms with van der Waals surface area (Å²) in [5.74, 6) is 1.25. The van der Waals surface area contributed by atoms with Gasteiger partial charge in [0, 0.05) is 30.4 Å². The molecule has 0 amide bonds. The number of aryl methyl sites for hydroxylation is 1. The lowest BCUT2D eigenvalue weighted by molar-refractivity contribution is 0.689. The standard InChI is InChI=1S/C19H19Cl2N5O/c1-10(11-3-4-11)23-18-13-9-12(5-6-15(13)26(2)19(27)25-18)24-14-7-8-22-17(21)16(14)20/h5-11H,3-4H2,1-2H3,(H,22,24)(H,23,25,27). The van der Waals surface area contributed by atoms with E-state index in [9.17, 15) is 4.79 Å². The maximum Gasteiger partial charge on any atom is 0.349 e. The average molecular weight is 404 g/mol. The second-order valence-corrected chi connectivity index (χ2v) is 7.63. The summed E-state index contributed by atoms with van der Waals surface area (Å²) in [6.07, 6.45) is 4.02. The van der Waals surface area contributed by atoms with E-state index in [1.807, 2.05) is 18.2 Å². The predicted molar refractivity (Wildman–Crippen MR) is 110 cm³/mol. The molecule has 3 aromatic rings. The van der Waals surface area contributed by atoms with Crippen molar-refractivity contribution in [3.8, 4) is 0 Å². The van der Waals surface area contributed by atoms with Crippen LogP contribution in [-0.2, 0) is 7.05 Å². The average Bonchev–Trinajstić information content (AvgIpc) is 3.48. The number of aromatic nitrogens is 3. The molecule has 6 nitrogen and oxygen atoms in total. The van der Waals surface area contributed by atoms with Crippen molar-refractivity contribution in [1.29, 1.82) is 0 Å². The molecule has 1 aromatic carbocycles. The first-order valence-electron chi connectivity index (χ1n) is 8.78. The molecule has 2 heterocycles. The molecular formula is C19H19Cl2N5O. The lowest BCUT2D eigenvalue weighted by Crippen LogP contribution is -2.25. The third-order valence-corrected chi connectivity index (χ3v) is 5.69. The fourth-order valence-corrected chi connectivity index (χ4v) is 3.46. The number of nitrogens with one attached hydrogen (secondary N) is 2. The highest BCUT2D eigenvalue weighted by molar-refractivity contribution is 6.43. The van der Waals surface area contributed by atoms with Crippen molar-refractivity contribution >= 4 is 51.3 Å². The Morgan fingerprint density at radius 1 is 1.26 bits per heavy atom. The number of benzene rings is 1. The highest BCUT2D eigenvalue weighted by Gasteiger charge is 2.28. The minimum Gasteiger partial charge on any atom is -0.367 e. The van der Waals surface area contributed by atoms with E-state index in [-0.39, 0.29) is 16.9 Å². The van der Waals surface area contributed by atoms with Gasteiger partial charge in [-0.25, -0.2) is 9.78 Å². The molecule has 27 heavy (non-hydrogen) atoms. The molecule has 1 saturated carbocycles. The second kappa shape index (κ2) is 7.02. The Kier molecular flexibility index (Phi) is 4.70. The van der Waals surface area contributed by atoms with E-state index in [1.165, 1.54) is 12.8 Å². The summed E-state index contributed by atoms with van der Waals surface area (Å²) in [7, 11) is 1.72. The summed E-state index contributed by atoms with van der Waals surface area (Å²) < 4.78 is 1.54. The van der Waals surface area contributed by atoms with Gasteiger partial charge in [-0.05, 0) is 49.9 Å². The quantitative estimate of drug-likeness (QED) is 0.609. The lowest BCUT2D eigenvalue weighted by atomic mass is 10.1. The summed E-state index contributed by atoms with van der Waals surface area (Å²) in [4.78, 5) is 20.4. The van der Waals surface area contributed by atoms with Crippen molar-refractivity contribution < 1.29 is 0 Å². The molecule has 1 aliphatic rings. The van der Waals surface area contributed by atoms with E-state index < -0.39 is 0 Å². The van der Waals surface area contributed by atoms with E-state index in [2.05, 4.69) is 27.5 Å². The maximum atomic E-state index is 12.2. The van der Waals surface area contributed by atoms with Crippen LogP contribution in [-0.4, -0.2) is 20.6 Å². The van der Waals surface area contributed by atoms with E-state index in [0.717, 1.165) is 16.6 Å². The maximum absolute atomic E-state index is 12.2. The minimum absolute atomic E-state index is 0.243. The second-order valence-electron chi connectivity index (χ2n) is 6.89. The van der Waals surface area contributed by atoms with Crippen molar-refractivity contribution in [3.63, 3.8) is 0 Å². The summed E-state index contributed by atoms with van der Waals surface area (Å²) >= 11 is 12.2. The predicted octanol–water partition coefficient (Wildman–Crippen LogP) is 4.59. The van der Waals surface area contributed by atoms with Crippen LogP contribution in [0.5, 0.6) is 0 Å². The molecule has 0 radical (unpaired) electrons. The van der Waals surface area contributed by atoms with Crippen LogP contribution in [0.3, 0.4) is 0 Å². The van der Waals surface area contributed by atoms with Gasteiger partial charge in [0.2, 0.25) is 0 Å². The number of rotatable bonds is 5. The van der Waals surface area contributed by atoms with Gasteiger partial charge < -0.3 is 10.6 Å². The van der Waals surface area contributed by atoms with Gasteiger partial charge >= 0.3 is 5.69 Å². The van der Waals surface area contributed by atoms with Crippen molar-refractivity contribution in [3.05, 3.63) is 51.1 Å². The molecule has 8 heteroatoms. The topological polar surface area (TPSA) is 71.8 Å². The van der Waals surface area contributed by atoms with Gasteiger partial charge in [0.05, 0.1) is 11.2 Å². The van der Waals surface area contributed by atoms with Crippen molar-refractivity contribution in [1.82, 2.24) is 14.5 Å². The first-order valence-corrected chi connectivity index (χ1v) is 9.54. The first-order chi connectivity index (χ1) is 12.9. The SMILES string of the molecule is CC(Nc1nc(=O)n(C)c2ccc(Nc3ccnc(Cl)c3Cl)cc12)C1CC1. The highest BCUT2D eigenvalue weighted by atomic mass is 35.5. The molecule has 4 rings (SSSR count). The van der Waals surface area contributed by atoms with Crippen LogP contribution in [0.2, 0.25) is 10.2 Å². The molecule has 1 aliphatic carbocycles. The summed E-state index contributed by atoms with van der Waals surface area (Å²) in [5, 5.41) is 8.14. The van der Waals surface area contributed by atoms with E-state index >= 15 is 0 Å². The van der Waals surface area contributed by atoms with Gasteiger partial charge in [-0.1, -0.05) is 23.2 Å². The summed E-state index contributed by atoms with van der Waals surface area (Å²) in [5.41, 5.74) is 2.01. The van der Waals surface area contributed by atoms with Crippen LogP contribution in [0, 0.1) is 5.92 Å². The van der Waals surface area contributed by atoms with E-state index in [1.54, 1.807) is 23.9 Å². The number of halogens is 2. The molecule has 2 N–H and O–H groups in total. The van der Waals surface area contributed by atoms with Gasteiger partial charge in [-0.3, -0.25) is 4.57 Å². The highest BCUT2D eigenvalue weighted by Crippen LogP contribution is 2.35. The molecule has 1 fully saturated rings. The van der Waals surface area contributed by atoms with Gasteiger partial charge in [0.15, 0.2) is 0 Å². The molecule has 0 spiro atoms. The molecule has 0 aliphatic heterocycles. The Bertz CT molecular complexity index is 1080. The van der Waals surface area contributed by atoms with Gasteiger partial charge in [0.25, 0.3) is 0 Å². The van der Waals surface area contributed by atoms with Crippen molar-refractivity contribution in [2.45, 2.75) is 25.8 Å². The first kappa shape index (κ1) is 18.1. The Morgan fingerprint density at radius 2 is 2.04 bits per heavy atom. The smallest absolute Gasteiger partial charge is 0.349 e. The number of hydrogen-bond acceptors (Lipinski definition) is 5. The fourth-order valence-electron chi connectivity index (χ4n) is 3.14. The van der Waals surface area contributed by atoms with Crippen LogP contribution in [0.15, 0.2) is 35.3 Å². The summed E-state index contributed by atoms with van der Waals surface area (Å²) in [6, 6.07) is 7.77. The molecule has 1 atom stereocenters. The number of nitrogens with zero attached hydrogens (tertiary/aromatic N) is 3. The Labute approximate surface area is 166 Å². The zero-order chi connectivity index (χ0) is 19.1. The van der Waals surface area contributed by atoms with Crippen LogP contribution in [0.25, 0.3) is 10.9 Å². The van der Waals surface area contributed by atoms with Gasteiger partial charge in [-0.2, -0.15) is 4.98 Å². The lowest BCUT2D eigenvalue weighted by Gasteiger charge is -2.17. The van der Waals surface area contributed by atoms with E-state index in [0.29, 0.717) is 22.4 Å². The number of anilines is 3. The van der Waals surface area contributed by atoms with E-state index in [4.69, 9.17) is 23.2 Å². The fraction of sp³-hybridized carbons (Fsp3) is 0.316. The van der Waals surface area contributed by atoms with Crippen molar-refractivity contribution in [2.24, 2.45) is 13.0 Å². The number of pyridine rings is 1. The van der Waals surface area contributed by atoms with Crippen molar-refractivity contribution in [2.75, 3.05) is 10.6 Å². The molecule has 0 bridgehead atoms. The molecule has 140 valence electrons. The van der Waals surface area contributed by atoms with Crippen LogP contribution in [0.4, 0.5) is 17.2 Å². The van der Waals surface area contributed by atoms with Gasteiger partial charge in [0.1, 0.15) is 16.0 Å². The molecule has 0 saturated heterocycles. The molecule has 2 aromatic heterocycles. The number of hydrogen-bond donors (Lipinski definition) is 2. The monoisotopic (exact) mass is 403 g/mol. The Balaban J connectivity index is 1.76. The minimum atomic E-state index is -0.280. The molecule has 1 unspecified atom stereocenters. The Hall–Kier alpha value is -2.31. The third-order valence-electron chi connectivity index (χ3n) is 4.93. The van der Waals surface area contributed by atoms with Crippen LogP contribution in [0.1, 0.15) is 19.8 Å². The van der Waals surface area contributed by atoms with Crippen LogP contribution < -0.4 is 16.3 Å². The zero-order valence-electron chi connectivity index (χ0n) is 15.0. The number of fused-ring (bicyclic) bond motifs is 1. The third kappa shape index (κ3) is 3.59.